The minimum atomic E-state index is 0.766. The summed E-state index contributed by atoms with van der Waals surface area (Å²) < 4.78 is 4.84. The van der Waals surface area contributed by atoms with Crippen LogP contribution < -0.4 is 0 Å². The smallest absolute Gasteiger partial charge is 0.145 e. The molecule has 0 aliphatic carbocycles. The van der Waals surface area contributed by atoms with E-state index >= 15 is 0 Å². The summed E-state index contributed by atoms with van der Waals surface area (Å²) in [4.78, 5) is 31.5. The number of nitrogens with zero attached hydrogens (tertiary/aromatic N) is 8. The first-order chi connectivity index (χ1) is 35.7. The van der Waals surface area contributed by atoms with E-state index in [2.05, 4.69) is 176 Å². The minimum absolute atomic E-state index is 0.766. The molecule has 72 heavy (non-hydrogen) atoms. The number of fused-ring (bicyclic) bond motifs is 16. The van der Waals surface area contributed by atoms with Gasteiger partial charge in [-0.1, -0.05) is 121 Å². The summed E-state index contributed by atoms with van der Waals surface area (Å²) >= 11 is 0. The summed E-state index contributed by atoms with van der Waals surface area (Å²) in [5, 5.41) is 8.57. The fourth-order valence-electron chi connectivity index (χ4n) is 11.6. The van der Waals surface area contributed by atoms with Crippen molar-refractivity contribution in [3.05, 3.63) is 219 Å². The molecular formula is C64H36N8. The molecule has 7 aromatic carbocycles. The summed E-state index contributed by atoms with van der Waals surface area (Å²) in [7, 11) is 0. The van der Waals surface area contributed by atoms with Crippen molar-refractivity contribution in [1.82, 2.24) is 38.7 Å². The third kappa shape index (κ3) is 5.45. The topological polar surface area (TPSA) is 86.2 Å². The van der Waals surface area contributed by atoms with Crippen LogP contribution in [-0.4, -0.2) is 38.7 Å². The average molecular weight is 917 g/mol. The molecule has 0 aliphatic heterocycles. The van der Waals surface area contributed by atoms with E-state index in [4.69, 9.17) is 19.9 Å². The lowest BCUT2D eigenvalue weighted by molar-refractivity contribution is 1.24. The number of rotatable bonds is 6. The van der Waals surface area contributed by atoms with Gasteiger partial charge in [-0.15, -0.1) is 0 Å². The highest BCUT2D eigenvalue weighted by molar-refractivity contribution is 6.40. The van der Waals surface area contributed by atoms with Gasteiger partial charge in [0.2, 0.25) is 0 Å². The lowest BCUT2D eigenvalue weighted by Crippen LogP contribution is -1.98. The van der Waals surface area contributed by atoms with Crippen LogP contribution in [0.25, 0.3) is 155 Å². The molecule has 0 amide bonds. The molecule has 0 radical (unpaired) electrons. The van der Waals surface area contributed by atoms with Crippen LogP contribution in [0.5, 0.6) is 0 Å². The zero-order valence-electron chi connectivity index (χ0n) is 38.4. The molecule has 332 valence electrons. The molecular weight excluding hydrogens is 881 g/mol. The number of pyridine rings is 4. The third-order valence-electron chi connectivity index (χ3n) is 14.8. The van der Waals surface area contributed by atoms with E-state index < -0.39 is 0 Å². The Balaban J connectivity index is 1.18. The molecule has 0 bridgehead atoms. The molecule has 8 heteroatoms. The molecule has 16 aromatic rings. The van der Waals surface area contributed by atoms with Crippen molar-refractivity contribution >= 4 is 87.5 Å². The monoisotopic (exact) mass is 916 g/mol. The predicted octanol–water partition coefficient (Wildman–Crippen LogP) is 15.5. The van der Waals surface area contributed by atoms with Crippen LogP contribution in [0.15, 0.2) is 219 Å². The van der Waals surface area contributed by atoms with Gasteiger partial charge in [-0.25, -0.2) is 19.9 Å². The molecule has 0 fully saturated rings. The first-order valence-electron chi connectivity index (χ1n) is 24.2. The SMILES string of the molecule is c1ccc(-c2cnc3c(c2)c2cc(-c4ccccc4)cc4c5c6nc(-c7ccncc7)c(-c7ccncc7)nc6c6c7cc(-c8ccccc8)cc8c9cc(-c%10ccccc%10)cnc9n(c87)c6c5n3c24)cc1. The molecule has 8 nitrogen and oxygen atoms in total. The molecule has 9 aromatic heterocycles. The second kappa shape index (κ2) is 14.8. The average Bonchev–Trinajstić information content (AvgIpc) is 4.19. The van der Waals surface area contributed by atoms with Gasteiger partial charge in [0.1, 0.15) is 22.3 Å². The van der Waals surface area contributed by atoms with Gasteiger partial charge in [-0.3, -0.25) is 18.8 Å². The number of hydrogen-bond acceptors (Lipinski definition) is 6. The van der Waals surface area contributed by atoms with Crippen molar-refractivity contribution in [3.63, 3.8) is 0 Å². The molecule has 0 N–H and O–H groups in total. The van der Waals surface area contributed by atoms with Gasteiger partial charge in [0.15, 0.2) is 0 Å². The van der Waals surface area contributed by atoms with Crippen molar-refractivity contribution in [2.45, 2.75) is 0 Å². The Bertz CT molecular complexity index is 4500. The molecule has 16 rings (SSSR count). The summed E-state index contributed by atoms with van der Waals surface area (Å²) in [6.07, 6.45) is 11.3. The number of aromatic nitrogens is 8. The van der Waals surface area contributed by atoms with Crippen LogP contribution in [0.4, 0.5) is 0 Å². The Labute approximate surface area is 410 Å². The fraction of sp³-hybridized carbons (Fsp3) is 0. The molecule has 0 saturated heterocycles. The van der Waals surface area contributed by atoms with Gasteiger partial charge in [-0.2, -0.15) is 0 Å². The van der Waals surface area contributed by atoms with Gasteiger partial charge in [0, 0.05) is 103 Å². The van der Waals surface area contributed by atoms with Crippen LogP contribution in [0, 0.1) is 0 Å². The fourth-order valence-corrected chi connectivity index (χ4v) is 11.6. The molecule has 0 saturated carbocycles. The van der Waals surface area contributed by atoms with E-state index in [0.29, 0.717) is 0 Å². The van der Waals surface area contributed by atoms with E-state index in [1.165, 1.54) is 0 Å². The summed E-state index contributed by atoms with van der Waals surface area (Å²) in [6.45, 7) is 0. The molecule has 0 aliphatic rings. The summed E-state index contributed by atoms with van der Waals surface area (Å²) in [5.41, 5.74) is 19.8. The molecule has 0 atom stereocenters. The van der Waals surface area contributed by atoms with Crippen LogP contribution in [0.1, 0.15) is 0 Å². The van der Waals surface area contributed by atoms with Gasteiger partial charge in [0.25, 0.3) is 0 Å². The first-order valence-corrected chi connectivity index (χ1v) is 24.2. The lowest BCUT2D eigenvalue weighted by atomic mass is 9.96. The highest BCUT2D eigenvalue weighted by Gasteiger charge is 2.31. The largest absolute Gasteiger partial charge is 0.290 e. The van der Waals surface area contributed by atoms with Crippen molar-refractivity contribution in [2.75, 3.05) is 0 Å². The van der Waals surface area contributed by atoms with Crippen molar-refractivity contribution < 1.29 is 0 Å². The van der Waals surface area contributed by atoms with Gasteiger partial charge < -0.3 is 0 Å². The van der Waals surface area contributed by atoms with Crippen molar-refractivity contribution in [2.24, 2.45) is 0 Å². The maximum atomic E-state index is 5.89. The second-order valence-corrected chi connectivity index (χ2v) is 18.7. The maximum Gasteiger partial charge on any atom is 0.145 e. The predicted molar refractivity (Wildman–Crippen MR) is 293 cm³/mol. The van der Waals surface area contributed by atoms with E-state index in [1.807, 2.05) is 61.4 Å². The van der Waals surface area contributed by atoms with Crippen molar-refractivity contribution in [1.29, 1.82) is 0 Å². The quantitative estimate of drug-likeness (QED) is 0.165. The molecule has 0 unspecified atom stereocenters. The molecule has 9 heterocycles. The Morgan fingerprint density at radius 2 is 0.611 bits per heavy atom. The summed E-state index contributed by atoms with van der Waals surface area (Å²) in [6, 6.07) is 64.6. The Morgan fingerprint density at radius 1 is 0.278 bits per heavy atom. The first kappa shape index (κ1) is 39.0. The van der Waals surface area contributed by atoms with E-state index in [-0.39, 0.29) is 0 Å². The Kier molecular flexibility index (Phi) is 8.01. The number of hydrogen-bond donors (Lipinski definition) is 0. The Hall–Kier alpha value is -9.92. The number of benzene rings is 7. The van der Waals surface area contributed by atoms with Crippen LogP contribution in [-0.2, 0) is 0 Å². The van der Waals surface area contributed by atoms with Crippen molar-refractivity contribution in [3.8, 4) is 67.0 Å². The second-order valence-electron chi connectivity index (χ2n) is 18.7. The van der Waals surface area contributed by atoms with E-state index in [9.17, 15) is 0 Å². The van der Waals surface area contributed by atoms with E-state index in [1.54, 1.807) is 0 Å². The zero-order valence-corrected chi connectivity index (χ0v) is 38.4. The minimum Gasteiger partial charge on any atom is -0.290 e. The van der Waals surface area contributed by atoms with Gasteiger partial charge in [-0.05, 0) is 94.0 Å². The normalized spacial score (nSPS) is 12.2. The highest BCUT2D eigenvalue weighted by atomic mass is 15.0. The maximum absolute atomic E-state index is 5.89. The van der Waals surface area contributed by atoms with Crippen LogP contribution >= 0.6 is 0 Å². The lowest BCUT2D eigenvalue weighted by Gasteiger charge is -2.13. The van der Waals surface area contributed by atoms with Gasteiger partial charge >= 0.3 is 0 Å². The third-order valence-corrected chi connectivity index (χ3v) is 14.8. The van der Waals surface area contributed by atoms with E-state index in [0.717, 1.165) is 155 Å². The van der Waals surface area contributed by atoms with Crippen LogP contribution in [0.3, 0.4) is 0 Å². The van der Waals surface area contributed by atoms with Crippen LogP contribution in [0.2, 0.25) is 0 Å². The standard InChI is InChI=1S/C64H36N8/c1-5-13-37(14-6-1)43-29-47-49-33-45(39-17-9-3-10-18-39)35-67-63(49)71-59(47)51(31-43)53-57-58(70-56(42-23-27-66-28-24-42)55(69-57)41-21-25-65-26-22-41)54-52-32-44(38-15-7-2-8-16-38)30-48-50-34-46(40-19-11-4-12-20-40)36-68-64(50)72(60(48)52)62(54)61(53)71/h1-36H. The zero-order chi connectivity index (χ0) is 47.0. The summed E-state index contributed by atoms with van der Waals surface area (Å²) in [5.74, 6) is 0. The van der Waals surface area contributed by atoms with Gasteiger partial charge in [0.05, 0.1) is 33.5 Å². The highest BCUT2D eigenvalue weighted by Crippen LogP contribution is 2.52. The Morgan fingerprint density at radius 3 is 0.986 bits per heavy atom. The molecule has 0 spiro atoms.